The van der Waals surface area contributed by atoms with Crippen LogP contribution in [0.2, 0.25) is 0 Å². The van der Waals surface area contributed by atoms with Crippen molar-refractivity contribution in [3.8, 4) is 10.4 Å². The van der Waals surface area contributed by atoms with Gasteiger partial charge in [0.25, 0.3) is 5.91 Å². The molecule has 0 aliphatic rings. The number of rotatable bonds is 6. The lowest BCUT2D eigenvalue weighted by molar-refractivity contribution is -0.119. The van der Waals surface area contributed by atoms with Gasteiger partial charge in [0.05, 0.1) is 10.6 Å². The minimum Gasteiger partial charge on any atom is -0.272 e. The number of hydrogen-bond acceptors (Lipinski definition) is 5. The van der Waals surface area contributed by atoms with E-state index < -0.39 is 0 Å². The van der Waals surface area contributed by atoms with Crippen LogP contribution in [0, 0.1) is 5.82 Å². The summed E-state index contributed by atoms with van der Waals surface area (Å²) in [4.78, 5) is 29.3. The van der Waals surface area contributed by atoms with Gasteiger partial charge in [-0.2, -0.15) is 0 Å². The van der Waals surface area contributed by atoms with Crippen molar-refractivity contribution in [2.75, 3.05) is 5.75 Å². The Kier molecular flexibility index (Phi) is 6.56. The zero-order chi connectivity index (χ0) is 19.1. The number of pyridine rings is 1. The van der Waals surface area contributed by atoms with Gasteiger partial charge in [0, 0.05) is 23.0 Å². The smallest absolute Gasteiger partial charge is 0.272 e. The van der Waals surface area contributed by atoms with Crippen molar-refractivity contribution in [1.29, 1.82) is 0 Å². The lowest BCUT2D eigenvalue weighted by Gasteiger charge is -2.06. The number of nitrogens with zero attached hydrogens (tertiary/aromatic N) is 1. The number of thioether (sulfide) groups is 1. The molecule has 2 aromatic heterocycles. The summed E-state index contributed by atoms with van der Waals surface area (Å²) in [5.74, 6) is -0.0920. The topological polar surface area (TPSA) is 71.1 Å². The van der Waals surface area contributed by atoms with E-state index in [1.807, 2.05) is 12.1 Å². The minimum atomic E-state index is -0.390. The second-order valence-electron chi connectivity index (χ2n) is 5.53. The Balaban J connectivity index is 1.45. The Morgan fingerprint density at radius 3 is 2.63 bits per heavy atom. The molecule has 0 bridgehead atoms. The summed E-state index contributed by atoms with van der Waals surface area (Å²) in [6, 6.07) is 13.3. The van der Waals surface area contributed by atoms with Gasteiger partial charge in [-0.05, 0) is 41.5 Å². The molecule has 0 fully saturated rings. The fourth-order valence-corrected chi connectivity index (χ4v) is 3.87. The molecule has 2 amide bonds. The maximum atomic E-state index is 13.0. The van der Waals surface area contributed by atoms with Crippen LogP contribution in [0.1, 0.15) is 15.2 Å². The normalized spacial score (nSPS) is 10.4. The molecule has 0 radical (unpaired) electrons. The third kappa shape index (κ3) is 5.63. The average molecular weight is 401 g/mol. The molecule has 0 spiro atoms. The summed E-state index contributed by atoms with van der Waals surface area (Å²) >= 11 is 2.70. The molecular formula is C19H16FN3O2S2. The first-order valence-corrected chi connectivity index (χ1v) is 10.0. The maximum absolute atomic E-state index is 13.0. The van der Waals surface area contributed by atoms with Gasteiger partial charge in [-0.3, -0.25) is 25.4 Å². The van der Waals surface area contributed by atoms with Crippen molar-refractivity contribution in [3.05, 3.63) is 77.2 Å². The zero-order valence-electron chi connectivity index (χ0n) is 14.1. The van der Waals surface area contributed by atoms with Crippen LogP contribution in [0.5, 0.6) is 0 Å². The monoisotopic (exact) mass is 401 g/mol. The molecule has 0 saturated carbocycles. The molecule has 2 N–H and O–H groups in total. The first-order chi connectivity index (χ1) is 13.1. The highest BCUT2D eigenvalue weighted by atomic mass is 32.2. The number of hydrazine groups is 1. The van der Waals surface area contributed by atoms with E-state index in [0.29, 0.717) is 10.6 Å². The molecule has 27 heavy (non-hydrogen) atoms. The number of amides is 2. The molecule has 3 aromatic rings. The predicted octanol–water partition coefficient (Wildman–Crippen LogP) is 3.64. The van der Waals surface area contributed by atoms with E-state index in [2.05, 4.69) is 15.8 Å². The molecular weight excluding hydrogens is 385 g/mol. The summed E-state index contributed by atoms with van der Waals surface area (Å²) in [5.41, 5.74) is 6.68. The molecule has 0 unspecified atom stereocenters. The van der Waals surface area contributed by atoms with E-state index >= 15 is 0 Å². The number of aromatic nitrogens is 1. The quantitative estimate of drug-likeness (QED) is 0.619. The summed E-state index contributed by atoms with van der Waals surface area (Å²) in [6.07, 6.45) is 3.45. The Labute approximate surface area is 164 Å². The van der Waals surface area contributed by atoms with Crippen LogP contribution in [0.3, 0.4) is 0 Å². The van der Waals surface area contributed by atoms with Crippen molar-refractivity contribution >= 4 is 34.9 Å². The molecule has 0 atom stereocenters. The SMILES string of the molecule is O=C(CSCc1cccnc1)NNC(=O)c1ccc(-c2ccc(F)cc2)s1. The van der Waals surface area contributed by atoms with Gasteiger partial charge in [-0.15, -0.1) is 23.1 Å². The number of benzene rings is 1. The van der Waals surface area contributed by atoms with Gasteiger partial charge in [0.2, 0.25) is 5.91 Å². The lowest BCUT2D eigenvalue weighted by Crippen LogP contribution is -2.42. The molecule has 3 rings (SSSR count). The first-order valence-electron chi connectivity index (χ1n) is 8.03. The summed E-state index contributed by atoms with van der Waals surface area (Å²) < 4.78 is 13.0. The second kappa shape index (κ2) is 9.29. The van der Waals surface area contributed by atoms with E-state index in [-0.39, 0.29) is 23.4 Å². The van der Waals surface area contributed by atoms with Crippen LogP contribution in [0.15, 0.2) is 60.9 Å². The Morgan fingerprint density at radius 2 is 1.89 bits per heavy atom. The number of carbonyl (C=O) groups excluding carboxylic acids is 2. The molecule has 0 aliphatic carbocycles. The van der Waals surface area contributed by atoms with Crippen LogP contribution in [-0.2, 0) is 10.5 Å². The molecule has 5 nitrogen and oxygen atoms in total. The number of thiophene rings is 1. The third-order valence-corrected chi connectivity index (χ3v) is 5.64. The zero-order valence-corrected chi connectivity index (χ0v) is 15.8. The van der Waals surface area contributed by atoms with Crippen molar-refractivity contribution in [3.63, 3.8) is 0 Å². The van der Waals surface area contributed by atoms with Crippen LogP contribution in [0.4, 0.5) is 4.39 Å². The predicted molar refractivity (Wildman–Crippen MR) is 106 cm³/mol. The average Bonchev–Trinajstić information content (AvgIpc) is 3.18. The number of hydrogen-bond donors (Lipinski definition) is 2. The van der Waals surface area contributed by atoms with E-state index in [0.717, 1.165) is 16.0 Å². The Morgan fingerprint density at radius 1 is 1.07 bits per heavy atom. The first kappa shape index (κ1) is 19.1. The molecule has 8 heteroatoms. The van der Waals surface area contributed by atoms with Gasteiger partial charge >= 0.3 is 0 Å². The highest BCUT2D eigenvalue weighted by Crippen LogP contribution is 2.28. The summed E-state index contributed by atoms with van der Waals surface area (Å²) in [6.45, 7) is 0. The summed E-state index contributed by atoms with van der Waals surface area (Å²) in [5, 5.41) is 0. The molecule has 0 saturated heterocycles. The number of nitrogens with one attached hydrogen (secondary N) is 2. The van der Waals surface area contributed by atoms with Crippen LogP contribution < -0.4 is 10.9 Å². The molecule has 0 aliphatic heterocycles. The van der Waals surface area contributed by atoms with E-state index in [1.165, 1.54) is 35.2 Å². The molecule has 2 heterocycles. The largest absolute Gasteiger partial charge is 0.279 e. The Bertz CT molecular complexity index is 914. The Hall–Kier alpha value is -2.71. The molecule has 1 aromatic carbocycles. The van der Waals surface area contributed by atoms with Crippen LogP contribution in [0.25, 0.3) is 10.4 Å². The van der Waals surface area contributed by atoms with Crippen molar-refractivity contribution < 1.29 is 14.0 Å². The highest BCUT2D eigenvalue weighted by molar-refractivity contribution is 7.99. The maximum Gasteiger partial charge on any atom is 0.279 e. The highest BCUT2D eigenvalue weighted by Gasteiger charge is 2.11. The number of halogens is 1. The van der Waals surface area contributed by atoms with E-state index in [4.69, 9.17) is 0 Å². The fourth-order valence-electron chi connectivity index (χ4n) is 2.20. The van der Waals surface area contributed by atoms with Gasteiger partial charge in [0.15, 0.2) is 0 Å². The fraction of sp³-hybridized carbons (Fsp3) is 0.105. The minimum absolute atomic E-state index is 0.223. The van der Waals surface area contributed by atoms with Crippen molar-refractivity contribution in [1.82, 2.24) is 15.8 Å². The second-order valence-corrected chi connectivity index (χ2v) is 7.60. The van der Waals surface area contributed by atoms with E-state index in [1.54, 1.807) is 36.7 Å². The molecule has 138 valence electrons. The van der Waals surface area contributed by atoms with Gasteiger partial charge in [-0.1, -0.05) is 18.2 Å². The van der Waals surface area contributed by atoms with Crippen molar-refractivity contribution in [2.24, 2.45) is 0 Å². The van der Waals surface area contributed by atoms with E-state index in [9.17, 15) is 14.0 Å². The van der Waals surface area contributed by atoms with Crippen molar-refractivity contribution in [2.45, 2.75) is 5.75 Å². The van der Waals surface area contributed by atoms with Gasteiger partial charge in [0.1, 0.15) is 5.82 Å². The lowest BCUT2D eigenvalue weighted by atomic mass is 10.2. The van der Waals surface area contributed by atoms with Gasteiger partial charge < -0.3 is 0 Å². The van der Waals surface area contributed by atoms with Crippen LogP contribution >= 0.6 is 23.1 Å². The number of carbonyl (C=O) groups is 2. The van der Waals surface area contributed by atoms with Gasteiger partial charge in [-0.25, -0.2) is 4.39 Å². The standard InChI is InChI=1S/C19H16FN3O2S2/c20-15-5-3-14(4-6-15)16-7-8-17(27-16)19(25)23-22-18(24)12-26-11-13-2-1-9-21-10-13/h1-10H,11-12H2,(H,22,24)(H,23,25). The summed E-state index contributed by atoms with van der Waals surface area (Å²) in [7, 11) is 0. The third-order valence-electron chi connectivity index (χ3n) is 3.50. The van der Waals surface area contributed by atoms with Crippen LogP contribution in [-0.4, -0.2) is 22.6 Å².